The number of halogens is 1. The molecule has 1 fully saturated rings. The van der Waals surface area contributed by atoms with E-state index >= 15 is 0 Å². The van der Waals surface area contributed by atoms with Gasteiger partial charge in [0, 0.05) is 6.04 Å². The quantitative estimate of drug-likeness (QED) is 0.180. The predicted octanol–water partition coefficient (Wildman–Crippen LogP) is 5.79. The Morgan fingerprint density at radius 2 is 1.89 bits per heavy atom. The van der Waals surface area contributed by atoms with Crippen LogP contribution >= 0.6 is 22.6 Å². The molecule has 0 heterocycles. The first-order valence-electron chi connectivity index (χ1n) is 12.2. The van der Waals surface area contributed by atoms with E-state index in [0.717, 1.165) is 27.5 Å². The van der Waals surface area contributed by atoms with E-state index in [9.17, 15) is 4.79 Å². The summed E-state index contributed by atoms with van der Waals surface area (Å²) < 4.78 is 13.0. The van der Waals surface area contributed by atoms with E-state index in [4.69, 9.17) is 9.47 Å². The summed E-state index contributed by atoms with van der Waals surface area (Å²) in [6.45, 7) is 3.19. The molecule has 7 heteroatoms. The second kappa shape index (κ2) is 12.9. The van der Waals surface area contributed by atoms with Gasteiger partial charge in [0.05, 0.1) is 22.9 Å². The van der Waals surface area contributed by atoms with Crippen LogP contribution in [0.4, 0.5) is 0 Å². The highest BCUT2D eigenvalue weighted by Gasteiger charge is 2.15. The van der Waals surface area contributed by atoms with Crippen molar-refractivity contribution in [3.05, 3.63) is 69.3 Å². The molecule has 35 heavy (non-hydrogen) atoms. The summed E-state index contributed by atoms with van der Waals surface area (Å²) in [6.07, 6.45) is 7.69. The Labute approximate surface area is 220 Å². The smallest absolute Gasteiger partial charge is 0.254 e. The Bertz CT molecular complexity index is 1170. The van der Waals surface area contributed by atoms with E-state index in [2.05, 4.69) is 62.7 Å². The minimum atomic E-state index is -0.137. The molecule has 6 nitrogen and oxygen atoms in total. The lowest BCUT2D eigenvalue weighted by Gasteiger charge is -2.22. The number of carbonyl (C=O) groups excluding carboxylic acids is 1. The van der Waals surface area contributed by atoms with Crippen LogP contribution in [-0.2, 0) is 11.4 Å². The Morgan fingerprint density at radius 3 is 2.71 bits per heavy atom. The number of ether oxygens (including phenoxy) is 2. The molecular weight excluding hydrogens is 553 g/mol. The van der Waals surface area contributed by atoms with Gasteiger partial charge in [0.15, 0.2) is 11.5 Å². The summed E-state index contributed by atoms with van der Waals surface area (Å²) in [5.74, 6) is 1.23. The summed E-state index contributed by atoms with van der Waals surface area (Å²) in [5.41, 5.74) is 4.56. The highest BCUT2D eigenvalue weighted by molar-refractivity contribution is 14.1. The van der Waals surface area contributed by atoms with Crippen molar-refractivity contribution in [3.63, 3.8) is 0 Å². The Morgan fingerprint density at radius 1 is 1.09 bits per heavy atom. The molecule has 2 N–H and O–H groups in total. The minimum absolute atomic E-state index is 0.137. The number of hydrogen-bond donors (Lipinski definition) is 2. The fourth-order valence-corrected chi connectivity index (χ4v) is 5.18. The zero-order chi connectivity index (χ0) is 24.5. The Hall–Kier alpha value is -2.65. The van der Waals surface area contributed by atoms with Gasteiger partial charge in [0.1, 0.15) is 6.61 Å². The molecule has 1 aliphatic rings. The van der Waals surface area contributed by atoms with Gasteiger partial charge in [-0.3, -0.25) is 4.79 Å². The van der Waals surface area contributed by atoms with Crippen LogP contribution < -0.4 is 20.2 Å². The fraction of sp³-hybridized carbons (Fsp3) is 0.357. The van der Waals surface area contributed by atoms with Gasteiger partial charge >= 0.3 is 0 Å². The average Bonchev–Trinajstić information content (AvgIpc) is 2.88. The topological polar surface area (TPSA) is 72.0 Å². The van der Waals surface area contributed by atoms with Crippen molar-refractivity contribution < 1.29 is 14.3 Å². The zero-order valence-corrected chi connectivity index (χ0v) is 22.2. The zero-order valence-electron chi connectivity index (χ0n) is 20.1. The SMILES string of the molecule is CCOc1cc(/C=N\NC(=O)CNC2CCCCC2)cc(I)c1OCc1cccc2ccccc12. The van der Waals surface area contributed by atoms with Crippen molar-refractivity contribution in [1.82, 2.24) is 10.7 Å². The molecule has 0 saturated heterocycles. The highest BCUT2D eigenvalue weighted by Crippen LogP contribution is 2.35. The number of hydrogen-bond acceptors (Lipinski definition) is 5. The minimum Gasteiger partial charge on any atom is -0.490 e. The van der Waals surface area contributed by atoms with Crippen LogP contribution in [0.3, 0.4) is 0 Å². The summed E-state index contributed by atoms with van der Waals surface area (Å²) >= 11 is 2.25. The summed E-state index contributed by atoms with van der Waals surface area (Å²) in [7, 11) is 0. The molecule has 0 unspecified atom stereocenters. The first-order valence-corrected chi connectivity index (χ1v) is 13.3. The number of rotatable bonds is 10. The molecule has 3 aromatic rings. The predicted molar refractivity (Wildman–Crippen MR) is 149 cm³/mol. The molecule has 0 aliphatic heterocycles. The van der Waals surface area contributed by atoms with E-state index in [-0.39, 0.29) is 12.5 Å². The van der Waals surface area contributed by atoms with Crippen LogP contribution in [0, 0.1) is 3.57 Å². The van der Waals surface area contributed by atoms with Gasteiger partial charge in [-0.2, -0.15) is 5.10 Å². The van der Waals surface area contributed by atoms with E-state index in [1.807, 2.05) is 37.3 Å². The molecule has 1 aliphatic carbocycles. The molecule has 0 spiro atoms. The van der Waals surface area contributed by atoms with Crippen LogP contribution in [-0.4, -0.2) is 31.3 Å². The van der Waals surface area contributed by atoms with Crippen molar-refractivity contribution in [2.45, 2.75) is 51.7 Å². The van der Waals surface area contributed by atoms with Gasteiger partial charge < -0.3 is 14.8 Å². The maximum atomic E-state index is 12.1. The maximum absolute atomic E-state index is 12.1. The van der Waals surface area contributed by atoms with Gasteiger partial charge in [-0.15, -0.1) is 0 Å². The van der Waals surface area contributed by atoms with Crippen LogP contribution in [0.5, 0.6) is 11.5 Å². The summed E-state index contributed by atoms with van der Waals surface area (Å²) in [5, 5.41) is 9.84. The fourth-order valence-electron chi connectivity index (χ4n) is 4.40. The lowest BCUT2D eigenvalue weighted by molar-refractivity contribution is -0.120. The third-order valence-corrected chi connectivity index (χ3v) is 6.94. The second-order valence-electron chi connectivity index (χ2n) is 8.70. The monoisotopic (exact) mass is 585 g/mol. The number of nitrogens with one attached hydrogen (secondary N) is 2. The average molecular weight is 585 g/mol. The van der Waals surface area contributed by atoms with E-state index in [1.54, 1.807) is 6.21 Å². The van der Waals surface area contributed by atoms with E-state index in [0.29, 0.717) is 30.8 Å². The summed E-state index contributed by atoms with van der Waals surface area (Å²) in [6, 6.07) is 18.8. The van der Waals surface area contributed by atoms with Gasteiger partial charge in [-0.25, -0.2) is 5.43 Å². The Balaban J connectivity index is 1.39. The lowest BCUT2D eigenvalue weighted by atomic mass is 9.95. The number of nitrogens with zero attached hydrogens (tertiary/aromatic N) is 1. The molecule has 0 bridgehead atoms. The number of amides is 1. The van der Waals surface area contributed by atoms with Gasteiger partial charge in [0.25, 0.3) is 5.91 Å². The summed E-state index contributed by atoms with van der Waals surface area (Å²) in [4.78, 5) is 12.1. The molecular formula is C28H32IN3O3. The van der Waals surface area contributed by atoms with Crippen molar-refractivity contribution in [2.24, 2.45) is 5.10 Å². The second-order valence-corrected chi connectivity index (χ2v) is 9.86. The maximum Gasteiger partial charge on any atom is 0.254 e. The molecule has 4 rings (SSSR count). The van der Waals surface area contributed by atoms with Crippen LogP contribution in [0.15, 0.2) is 59.7 Å². The number of fused-ring (bicyclic) bond motifs is 1. The van der Waals surface area contributed by atoms with E-state index in [1.165, 1.54) is 30.0 Å². The number of hydrazone groups is 1. The molecule has 0 aromatic heterocycles. The third-order valence-electron chi connectivity index (χ3n) is 6.14. The van der Waals surface area contributed by atoms with Crippen LogP contribution in [0.25, 0.3) is 10.8 Å². The van der Waals surface area contributed by atoms with Crippen molar-refractivity contribution in [2.75, 3.05) is 13.2 Å². The highest BCUT2D eigenvalue weighted by atomic mass is 127. The van der Waals surface area contributed by atoms with Gasteiger partial charge in [-0.1, -0.05) is 61.7 Å². The van der Waals surface area contributed by atoms with Crippen molar-refractivity contribution in [1.29, 1.82) is 0 Å². The normalized spacial score (nSPS) is 14.3. The first-order chi connectivity index (χ1) is 17.1. The molecule has 1 saturated carbocycles. The molecule has 0 atom stereocenters. The lowest BCUT2D eigenvalue weighted by Crippen LogP contribution is -2.38. The van der Waals surface area contributed by atoms with Crippen molar-refractivity contribution in [3.8, 4) is 11.5 Å². The van der Waals surface area contributed by atoms with Crippen LogP contribution in [0.1, 0.15) is 50.2 Å². The molecule has 0 radical (unpaired) electrons. The standard InChI is InChI=1S/C28H32IN3O3/c1-2-34-26-16-20(17-31-32-27(33)18-30-23-12-4-3-5-13-23)15-25(29)28(26)35-19-22-11-8-10-21-9-6-7-14-24(21)22/h6-11,14-17,23,30H,2-5,12-13,18-19H2,1H3,(H,32,33)/b31-17-. The van der Waals surface area contributed by atoms with Gasteiger partial charge in [-0.05, 0) is 76.4 Å². The van der Waals surface area contributed by atoms with E-state index < -0.39 is 0 Å². The molecule has 1 amide bonds. The molecule has 3 aromatic carbocycles. The van der Waals surface area contributed by atoms with Gasteiger partial charge in [0.2, 0.25) is 0 Å². The largest absolute Gasteiger partial charge is 0.490 e. The third kappa shape index (κ3) is 7.18. The van der Waals surface area contributed by atoms with Crippen LogP contribution in [0.2, 0.25) is 0 Å². The molecule has 184 valence electrons. The van der Waals surface area contributed by atoms with Crippen molar-refractivity contribution >= 4 is 45.5 Å². The first kappa shape index (κ1) is 25.4. The number of carbonyl (C=O) groups is 1. The number of benzene rings is 3. The Kier molecular flexibility index (Phi) is 9.36.